The number of piperazine rings is 1. The SMILES string of the molecule is Cc1nccn1CC1(CNC(=O)N2CCN(Cc3ccccn3)CC2)CC1. The minimum absolute atomic E-state index is 0.0705. The van der Waals surface area contributed by atoms with Gasteiger partial charge in [0, 0.05) is 69.8 Å². The fourth-order valence-corrected chi connectivity index (χ4v) is 3.70. The van der Waals surface area contributed by atoms with Crippen LogP contribution in [0.1, 0.15) is 24.4 Å². The number of rotatable bonds is 6. The molecule has 0 radical (unpaired) electrons. The molecule has 2 aliphatic rings. The average Bonchev–Trinajstić information content (AvgIpc) is 3.35. The van der Waals surface area contributed by atoms with Crippen molar-refractivity contribution in [1.29, 1.82) is 0 Å². The first-order valence-corrected chi connectivity index (χ1v) is 9.76. The van der Waals surface area contributed by atoms with E-state index in [-0.39, 0.29) is 11.4 Å². The predicted octanol–water partition coefficient (Wildman–Crippen LogP) is 1.89. The number of amides is 2. The van der Waals surface area contributed by atoms with Crippen LogP contribution >= 0.6 is 0 Å². The summed E-state index contributed by atoms with van der Waals surface area (Å²) in [7, 11) is 0. The van der Waals surface area contributed by atoms with Gasteiger partial charge in [-0.3, -0.25) is 9.88 Å². The highest BCUT2D eigenvalue weighted by atomic mass is 16.2. The van der Waals surface area contributed by atoms with Crippen molar-refractivity contribution < 1.29 is 4.79 Å². The Kier molecular flexibility index (Phi) is 5.11. The monoisotopic (exact) mass is 368 g/mol. The lowest BCUT2D eigenvalue weighted by Gasteiger charge is -2.34. The summed E-state index contributed by atoms with van der Waals surface area (Å²) in [5.41, 5.74) is 1.29. The summed E-state index contributed by atoms with van der Waals surface area (Å²) in [6, 6.07) is 6.08. The van der Waals surface area contributed by atoms with E-state index in [2.05, 4.69) is 30.8 Å². The Hall–Kier alpha value is -2.41. The topological polar surface area (TPSA) is 66.3 Å². The number of aromatic nitrogens is 3. The van der Waals surface area contributed by atoms with E-state index in [1.165, 1.54) is 12.8 Å². The first-order valence-electron chi connectivity index (χ1n) is 9.76. The van der Waals surface area contributed by atoms with Crippen LogP contribution in [0.15, 0.2) is 36.8 Å². The number of carbonyl (C=O) groups is 1. The van der Waals surface area contributed by atoms with E-state index in [0.29, 0.717) is 0 Å². The zero-order valence-corrected chi connectivity index (χ0v) is 16.0. The fourth-order valence-electron chi connectivity index (χ4n) is 3.70. The normalized spacial score (nSPS) is 19.1. The van der Waals surface area contributed by atoms with E-state index in [4.69, 9.17) is 0 Å². The second-order valence-corrected chi connectivity index (χ2v) is 7.85. The number of urea groups is 1. The van der Waals surface area contributed by atoms with Gasteiger partial charge in [0.1, 0.15) is 5.82 Å². The van der Waals surface area contributed by atoms with Crippen LogP contribution in [0.3, 0.4) is 0 Å². The Morgan fingerprint density at radius 2 is 1.96 bits per heavy atom. The molecule has 1 aliphatic carbocycles. The molecule has 2 aromatic heterocycles. The molecule has 2 amide bonds. The van der Waals surface area contributed by atoms with Crippen LogP contribution in [0.4, 0.5) is 4.79 Å². The van der Waals surface area contributed by atoms with Crippen LogP contribution in [-0.4, -0.2) is 63.1 Å². The molecule has 4 rings (SSSR count). The highest BCUT2D eigenvalue weighted by molar-refractivity contribution is 5.74. The molecule has 1 saturated heterocycles. The lowest BCUT2D eigenvalue weighted by Crippen LogP contribution is -2.52. The smallest absolute Gasteiger partial charge is 0.317 e. The largest absolute Gasteiger partial charge is 0.337 e. The fraction of sp³-hybridized carbons (Fsp3) is 0.550. The summed E-state index contributed by atoms with van der Waals surface area (Å²) in [6.07, 6.45) is 8.04. The van der Waals surface area contributed by atoms with E-state index in [1.807, 2.05) is 42.5 Å². The zero-order valence-electron chi connectivity index (χ0n) is 16.0. The first kappa shape index (κ1) is 18.0. The third-order valence-corrected chi connectivity index (χ3v) is 5.77. The lowest BCUT2D eigenvalue weighted by atomic mass is 10.1. The van der Waals surface area contributed by atoms with Crippen LogP contribution in [0.25, 0.3) is 0 Å². The summed E-state index contributed by atoms with van der Waals surface area (Å²) in [5.74, 6) is 1.04. The summed E-state index contributed by atoms with van der Waals surface area (Å²) >= 11 is 0. The third-order valence-electron chi connectivity index (χ3n) is 5.77. The molecule has 2 aromatic rings. The molecule has 1 saturated carbocycles. The molecule has 7 nitrogen and oxygen atoms in total. The van der Waals surface area contributed by atoms with E-state index < -0.39 is 0 Å². The standard InChI is InChI=1S/C20H28N6O/c1-17-21-8-9-26(17)16-20(5-6-20)15-23-19(27)25-12-10-24(11-13-25)14-18-4-2-3-7-22-18/h2-4,7-9H,5-6,10-16H2,1H3,(H,23,27). The molecule has 3 heterocycles. The van der Waals surface area contributed by atoms with Gasteiger partial charge >= 0.3 is 6.03 Å². The molecule has 0 spiro atoms. The Morgan fingerprint density at radius 1 is 1.15 bits per heavy atom. The van der Waals surface area contributed by atoms with Gasteiger partial charge in [0.25, 0.3) is 0 Å². The number of nitrogens with zero attached hydrogens (tertiary/aromatic N) is 5. The summed E-state index contributed by atoms with van der Waals surface area (Å²) in [4.78, 5) is 25.5. The van der Waals surface area contributed by atoms with Crippen molar-refractivity contribution in [2.24, 2.45) is 5.41 Å². The van der Waals surface area contributed by atoms with Crippen molar-refractivity contribution in [2.75, 3.05) is 32.7 Å². The Labute approximate surface area is 160 Å². The molecule has 2 fully saturated rings. The molecule has 0 atom stereocenters. The quantitative estimate of drug-likeness (QED) is 0.846. The number of nitrogens with one attached hydrogen (secondary N) is 1. The molecule has 1 N–H and O–H groups in total. The molecule has 1 aliphatic heterocycles. The van der Waals surface area contributed by atoms with Crippen molar-refractivity contribution in [3.8, 4) is 0 Å². The van der Waals surface area contributed by atoms with Crippen molar-refractivity contribution in [3.05, 3.63) is 48.3 Å². The van der Waals surface area contributed by atoms with Gasteiger partial charge < -0.3 is 14.8 Å². The summed E-state index contributed by atoms with van der Waals surface area (Å²) < 4.78 is 2.19. The van der Waals surface area contributed by atoms with Gasteiger partial charge in [-0.05, 0) is 31.9 Å². The van der Waals surface area contributed by atoms with Gasteiger partial charge in [-0.2, -0.15) is 0 Å². The Bertz CT molecular complexity index is 762. The number of carbonyl (C=O) groups excluding carboxylic acids is 1. The predicted molar refractivity (Wildman–Crippen MR) is 103 cm³/mol. The van der Waals surface area contributed by atoms with Crippen LogP contribution in [-0.2, 0) is 13.1 Å². The van der Waals surface area contributed by atoms with Crippen molar-refractivity contribution in [1.82, 2.24) is 29.7 Å². The van der Waals surface area contributed by atoms with Gasteiger partial charge in [0.15, 0.2) is 0 Å². The molecule has 144 valence electrons. The summed E-state index contributed by atoms with van der Waals surface area (Å²) in [6.45, 7) is 7.89. The Morgan fingerprint density at radius 3 is 2.59 bits per heavy atom. The number of hydrogen-bond donors (Lipinski definition) is 1. The molecule has 0 aromatic carbocycles. The first-order chi connectivity index (χ1) is 13.1. The number of aryl methyl sites for hydroxylation is 1. The maximum absolute atomic E-state index is 12.6. The van der Waals surface area contributed by atoms with Gasteiger partial charge in [-0.25, -0.2) is 9.78 Å². The maximum Gasteiger partial charge on any atom is 0.317 e. The molecule has 0 bridgehead atoms. The minimum Gasteiger partial charge on any atom is -0.337 e. The maximum atomic E-state index is 12.6. The van der Waals surface area contributed by atoms with Crippen LogP contribution in [0, 0.1) is 12.3 Å². The zero-order chi connectivity index (χ0) is 18.7. The van der Waals surface area contributed by atoms with Gasteiger partial charge in [-0.1, -0.05) is 6.07 Å². The van der Waals surface area contributed by atoms with Crippen LogP contribution in [0.5, 0.6) is 0 Å². The Balaban J connectivity index is 1.21. The van der Waals surface area contributed by atoms with E-state index in [1.54, 1.807) is 0 Å². The van der Waals surface area contributed by atoms with E-state index >= 15 is 0 Å². The van der Waals surface area contributed by atoms with Gasteiger partial charge in [-0.15, -0.1) is 0 Å². The molecular weight excluding hydrogens is 340 g/mol. The van der Waals surface area contributed by atoms with Crippen molar-refractivity contribution in [2.45, 2.75) is 32.9 Å². The molecule has 7 heteroatoms. The number of hydrogen-bond acceptors (Lipinski definition) is 4. The van der Waals surface area contributed by atoms with Gasteiger partial charge in [0.05, 0.1) is 5.69 Å². The molecule has 27 heavy (non-hydrogen) atoms. The summed E-state index contributed by atoms with van der Waals surface area (Å²) in [5, 5.41) is 3.17. The van der Waals surface area contributed by atoms with E-state index in [9.17, 15) is 4.79 Å². The highest BCUT2D eigenvalue weighted by Gasteiger charge is 2.43. The second-order valence-electron chi connectivity index (χ2n) is 7.85. The van der Waals surface area contributed by atoms with Crippen LogP contribution < -0.4 is 5.32 Å². The minimum atomic E-state index is 0.0705. The van der Waals surface area contributed by atoms with Gasteiger partial charge in [0.2, 0.25) is 0 Å². The van der Waals surface area contributed by atoms with Crippen molar-refractivity contribution in [3.63, 3.8) is 0 Å². The number of pyridine rings is 1. The van der Waals surface area contributed by atoms with Crippen LogP contribution in [0.2, 0.25) is 0 Å². The van der Waals surface area contributed by atoms with Crippen molar-refractivity contribution >= 4 is 6.03 Å². The number of imidazole rings is 1. The third kappa shape index (κ3) is 4.47. The second kappa shape index (κ2) is 7.68. The lowest BCUT2D eigenvalue weighted by molar-refractivity contribution is 0.133. The molecule has 0 unspecified atom stereocenters. The molecular formula is C20H28N6O. The van der Waals surface area contributed by atoms with E-state index in [0.717, 1.165) is 57.3 Å². The highest BCUT2D eigenvalue weighted by Crippen LogP contribution is 2.46. The average molecular weight is 368 g/mol.